The van der Waals surface area contributed by atoms with Crippen molar-refractivity contribution in [2.75, 3.05) is 25.6 Å². The smallest absolute Gasteiger partial charge is 0.356 e. The molecule has 1 saturated carbocycles. The lowest BCUT2D eigenvalue weighted by molar-refractivity contribution is -0.146. The number of esters is 1. The molecule has 2 fully saturated rings. The fourth-order valence-electron chi connectivity index (χ4n) is 2.51. The van der Waals surface area contributed by atoms with E-state index in [1.54, 1.807) is 7.05 Å². The van der Waals surface area contributed by atoms with Crippen LogP contribution in [-0.4, -0.2) is 64.9 Å². The fraction of sp³-hybridized carbons (Fsp3) is 0.538. The second-order valence-corrected chi connectivity index (χ2v) is 5.19. The molecular weight excluding hydrogens is 292 g/mol. The van der Waals surface area contributed by atoms with Gasteiger partial charge in [0.1, 0.15) is 5.69 Å². The Morgan fingerprint density at radius 2 is 2.23 bits per heavy atom. The van der Waals surface area contributed by atoms with E-state index in [1.165, 1.54) is 22.8 Å². The van der Waals surface area contributed by atoms with Crippen molar-refractivity contribution < 1.29 is 23.9 Å². The first-order chi connectivity index (χ1) is 10.5. The van der Waals surface area contributed by atoms with Gasteiger partial charge < -0.3 is 19.7 Å². The quantitative estimate of drug-likeness (QED) is 0.563. The van der Waals surface area contributed by atoms with Crippen molar-refractivity contribution in [3.05, 3.63) is 11.8 Å². The highest BCUT2D eigenvalue weighted by Gasteiger charge is 2.48. The summed E-state index contributed by atoms with van der Waals surface area (Å²) in [6.45, 7) is 0.847. The van der Waals surface area contributed by atoms with Crippen LogP contribution in [0.2, 0.25) is 0 Å². The van der Waals surface area contributed by atoms with Crippen LogP contribution in [0.15, 0.2) is 6.07 Å². The number of hydrogen-bond donors (Lipinski definition) is 1. The number of methoxy groups -OCH3 is 1. The molecule has 9 heteroatoms. The average Bonchev–Trinajstić information content (AvgIpc) is 3.22. The van der Waals surface area contributed by atoms with Crippen LogP contribution in [0.5, 0.6) is 0 Å². The highest BCUT2D eigenvalue weighted by atomic mass is 16.5. The number of aryl methyl sites for hydroxylation is 1. The summed E-state index contributed by atoms with van der Waals surface area (Å²) in [6, 6.07) is 1.36. The van der Waals surface area contributed by atoms with Gasteiger partial charge in [-0.25, -0.2) is 4.79 Å². The molecule has 2 heterocycles. The Kier molecular flexibility index (Phi) is 3.57. The first-order valence-corrected chi connectivity index (χ1v) is 6.87. The van der Waals surface area contributed by atoms with Crippen molar-refractivity contribution in [3.63, 3.8) is 0 Å². The summed E-state index contributed by atoms with van der Waals surface area (Å²) in [4.78, 5) is 37.2. The van der Waals surface area contributed by atoms with E-state index in [-0.39, 0.29) is 23.7 Å². The number of ether oxygens (including phenoxy) is 2. The van der Waals surface area contributed by atoms with Gasteiger partial charge in [-0.1, -0.05) is 0 Å². The zero-order valence-electron chi connectivity index (χ0n) is 12.2. The topological polar surface area (TPSA) is 103 Å². The van der Waals surface area contributed by atoms with Crippen molar-refractivity contribution in [2.45, 2.75) is 18.6 Å². The van der Waals surface area contributed by atoms with Gasteiger partial charge in [-0.3, -0.25) is 14.3 Å². The number of nitrogens with one attached hydrogen (secondary N) is 1. The molecule has 0 radical (unpaired) electrons. The van der Waals surface area contributed by atoms with E-state index >= 15 is 0 Å². The minimum absolute atomic E-state index is 0.00126. The monoisotopic (exact) mass is 308 g/mol. The first kappa shape index (κ1) is 14.5. The average molecular weight is 308 g/mol. The van der Waals surface area contributed by atoms with E-state index in [9.17, 15) is 14.4 Å². The molecule has 1 aliphatic carbocycles. The van der Waals surface area contributed by atoms with E-state index in [0.717, 1.165) is 6.42 Å². The Labute approximate surface area is 126 Å². The third-order valence-corrected chi connectivity index (χ3v) is 3.74. The van der Waals surface area contributed by atoms with Crippen LogP contribution in [0.25, 0.3) is 0 Å². The van der Waals surface area contributed by atoms with Gasteiger partial charge in [0.15, 0.2) is 5.82 Å². The van der Waals surface area contributed by atoms with Gasteiger partial charge in [0.2, 0.25) is 0 Å². The first-order valence-electron chi connectivity index (χ1n) is 6.87. The summed E-state index contributed by atoms with van der Waals surface area (Å²) in [5, 5.41) is 6.37. The molecule has 2 unspecified atom stereocenters. The van der Waals surface area contributed by atoms with Gasteiger partial charge >= 0.3 is 17.8 Å². The molecule has 1 aromatic rings. The summed E-state index contributed by atoms with van der Waals surface area (Å²) in [7, 11) is 2.79. The van der Waals surface area contributed by atoms with E-state index in [1.807, 2.05) is 0 Å². The van der Waals surface area contributed by atoms with Crippen LogP contribution >= 0.6 is 0 Å². The minimum Gasteiger partial charge on any atom is -0.464 e. The molecule has 0 spiro atoms. The summed E-state index contributed by atoms with van der Waals surface area (Å²) >= 11 is 0. The van der Waals surface area contributed by atoms with E-state index in [4.69, 9.17) is 4.74 Å². The van der Waals surface area contributed by atoms with Crippen LogP contribution in [0.3, 0.4) is 0 Å². The molecule has 1 N–H and O–H groups in total. The molecule has 1 aliphatic heterocycles. The standard InChI is InChI=1S/C13H16N4O5/c1-16-8(13(20)21-2)6-10(15-16)14-11(18)12(19)17-3-4-22-9-5-7(9)17/h6-7,9H,3-5H2,1-2H3,(H,14,15,18). The number of aromatic nitrogens is 2. The van der Waals surface area contributed by atoms with Gasteiger partial charge in [-0.15, -0.1) is 0 Å². The van der Waals surface area contributed by atoms with E-state index in [2.05, 4.69) is 15.2 Å². The maximum Gasteiger partial charge on any atom is 0.356 e. The highest BCUT2D eigenvalue weighted by molar-refractivity contribution is 6.39. The molecule has 1 aromatic heterocycles. The normalized spacial score (nSPS) is 22.7. The van der Waals surface area contributed by atoms with Crippen LogP contribution in [0, 0.1) is 0 Å². The molecule has 0 bridgehead atoms. The molecule has 118 valence electrons. The van der Waals surface area contributed by atoms with Crippen molar-refractivity contribution in [3.8, 4) is 0 Å². The third kappa shape index (κ3) is 2.54. The molecule has 22 heavy (non-hydrogen) atoms. The van der Waals surface area contributed by atoms with Gasteiger partial charge in [-0.2, -0.15) is 5.10 Å². The van der Waals surface area contributed by atoms with E-state index < -0.39 is 17.8 Å². The third-order valence-electron chi connectivity index (χ3n) is 3.74. The summed E-state index contributed by atoms with van der Waals surface area (Å²) in [5.41, 5.74) is 0.180. The van der Waals surface area contributed by atoms with Gasteiger partial charge in [0.25, 0.3) is 0 Å². The predicted molar refractivity (Wildman–Crippen MR) is 73.0 cm³/mol. The molecule has 9 nitrogen and oxygen atoms in total. The Morgan fingerprint density at radius 1 is 1.45 bits per heavy atom. The highest BCUT2D eigenvalue weighted by Crippen LogP contribution is 2.34. The second-order valence-electron chi connectivity index (χ2n) is 5.19. The lowest BCUT2D eigenvalue weighted by Crippen LogP contribution is -2.46. The number of nitrogens with zero attached hydrogens (tertiary/aromatic N) is 3. The number of hydrogen-bond acceptors (Lipinski definition) is 6. The zero-order chi connectivity index (χ0) is 15.9. The predicted octanol–water partition coefficient (Wildman–Crippen LogP) is -0.855. The van der Waals surface area contributed by atoms with Crippen molar-refractivity contribution >= 4 is 23.6 Å². The molecule has 1 saturated heterocycles. The number of anilines is 1. The summed E-state index contributed by atoms with van der Waals surface area (Å²) in [6.07, 6.45) is 0.834. The van der Waals surface area contributed by atoms with Crippen LogP contribution in [0.1, 0.15) is 16.9 Å². The fourth-order valence-corrected chi connectivity index (χ4v) is 2.51. The van der Waals surface area contributed by atoms with Gasteiger partial charge in [0.05, 0.1) is 25.9 Å². The van der Waals surface area contributed by atoms with Crippen LogP contribution in [-0.2, 0) is 26.1 Å². The molecule has 3 rings (SSSR count). The molecule has 2 amide bonds. The number of morpholine rings is 1. The van der Waals surface area contributed by atoms with Gasteiger partial charge in [0, 0.05) is 19.7 Å². The number of amides is 2. The Hall–Kier alpha value is -2.42. The van der Waals surface area contributed by atoms with E-state index in [0.29, 0.717) is 13.2 Å². The van der Waals surface area contributed by atoms with Crippen molar-refractivity contribution in [1.82, 2.24) is 14.7 Å². The SMILES string of the molecule is COC(=O)c1cc(NC(=O)C(=O)N2CCOC3CC32)nn1C. The summed E-state index contributed by atoms with van der Waals surface area (Å²) < 4.78 is 11.3. The van der Waals surface area contributed by atoms with Crippen LogP contribution < -0.4 is 5.32 Å². The number of carbonyl (C=O) groups is 3. The number of fused-ring (bicyclic) bond motifs is 1. The number of carbonyl (C=O) groups excluding carboxylic acids is 3. The Bertz CT molecular complexity index is 640. The van der Waals surface area contributed by atoms with Crippen molar-refractivity contribution in [2.24, 2.45) is 7.05 Å². The molecule has 2 aliphatic rings. The molecular formula is C13H16N4O5. The lowest BCUT2D eigenvalue weighted by atomic mass is 10.3. The zero-order valence-corrected chi connectivity index (χ0v) is 12.2. The van der Waals surface area contributed by atoms with Crippen molar-refractivity contribution in [1.29, 1.82) is 0 Å². The maximum atomic E-state index is 12.2. The lowest BCUT2D eigenvalue weighted by Gasteiger charge is -2.25. The largest absolute Gasteiger partial charge is 0.464 e. The minimum atomic E-state index is -0.776. The van der Waals surface area contributed by atoms with Gasteiger partial charge in [-0.05, 0) is 6.42 Å². The Balaban J connectivity index is 1.66. The van der Waals surface area contributed by atoms with Crippen LogP contribution in [0.4, 0.5) is 5.82 Å². The maximum absolute atomic E-state index is 12.2. The second kappa shape index (κ2) is 5.41. The Morgan fingerprint density at radius 3 is 2.95 bits per heavy atom. The molecule has 0 aromatic carbocycles. The molecule has 2 atom stereocenters. The summed E-state index contributed by atoms with van der Waals surface area (Å²) in [5.74, 6) is -1.83. The number of rotatable bonds is 2.